The van der Waals surface area contributed by atoms with E-state index in [1.807, 2.05) is 0 Å². The van der Waals surface area contributed by atoms with Gasteiger partial charge in [0.05, 0.1) is 6.61 Å². The van der Waals surface area contributed by atoms with Crippen molar-refractivity contribution in [1.82, 2.24) is 5.32 Å². The van der Waals surface area contributed by atoms with Crippen LogP contribution in [-0.4, -0.2) is 34.9 Å². The molecule has 0 aliphatic rings. The Morgan fingerprint density at radius 3 is 2.28 bits per heavy atom. The first-order valence-corrected chi connectivity index (χ1v) is 5.03. The topological polar surface area (TPSA) is 69.6 Å². The van der Waals surface area contributed by atoms with Gasteiger partial charge >= 0.3 is 0 Å². The fourth-order valence-electron chi connectivity index (χ4n) is 1.12. The minimum Gasteiger partial charge on any atom is -0.393 e. The highest BCUT2D eigenvalue weighted by molar-refractivity contribution is 5.94. The lowest BCUT2D eigenvalue weighted by atomic mass is 10.1. The molecule has 1 aromatic carbocycles. The van der Waals surface area contributed by atoms with E-state index in [0.29, 0.717) is 12.1 Å². The number of rotatable bonds is 4. The number of aliphatic hydroxyl groups is 2. The molecule has 0 saturated carbocycles. The van der Waals surface area contributed by atoms with Crippen molar-refractivity contribution in [3.05, 3.63) is 35.1 Å². The predicted octanol–water partition coefficient (Wildman–Crippen LogP) is 0.577. The Hall–Kier alpha value is -1.60. The van der Waals surface area contributed by atoms with E-state index >= 15 is 0 Å². The monoisotopic (exact) mass is 263 g/mol. The summed E-state index contributed by atoms with van der Waals surface area (Å²) in [5.41, 5.74) is -1.97. The van der Waals surface area contributed by atoms with Crippen molar-refractivity contribution < 1.29 is 28.2 Å². The molecule has 0 bridgehead atoms. The number of benzene rings is 1. The minimum atomic E-state index is -1.66. The molecule has 3 N–H and O–H groups in total. The van der Waals surface area contributed by atoms with Gasteiger partial charge in [-0.05, 0) is 19.1 Å². The van der Waals surface area contributed by atoms with Gasteiger partial charge < -0.3 is 15.5 Å². The Bertz CT molecular complexity index is 440. The molecule has 0 aromatic heterocycles. The molecule has 1 unspecified atom stereocenters. The van der Waals surface area contributed by atoms with E-state index in [1.54, 1.807) is 0 Å². The summed E-state index contributed by atoms with van der Waals surface area (Å²) in [6, 6.07) is 1.09. The van der Waals surface area contributed by atoms with Gasteiger partial charge in [0.25, 0.3) is 5.91 Å². The summed E-state index contributed by atoms with van der Waals surface area (Å²) >= 11 is 0. The van der Waals surface area contributed by atoms with Crippen LogP contribution in [0.2, 0.25) is 0 Å². The summed E-state index contributed by atoms with van der Waals surface area (Å²) in [6.45, 7) is 0.349. The normalized spacial score (nSPS) is 14.1. The summed E-state index contributed by atoms with van der Waals surface area (Å²) in [4.78, 5) is 11.5. The molecule has 0 fully saturated rings. The van der Waals surface area contributed by atoms with Crippen LogP contribution in [0.1, 0.15) is 17.3 Å². The maximum absolute atomic E-state index is 12.9. The Kier molecular flexibility index (Phi) is 4.31. The molecule has 0 spiro atoms. The first kappa shape index (κ1) is 14.5. The zero-order valence-electron chi connectivity index (χ0n) is 9.51. The van der Waals surface area contributed by atoms with Gasteiger partial charge in [0, 0.05) is 12.1 Å². The van der Waals surface area contributed by atoms with Gasteiger partial charge in [-0.3, -0.25) is 4.79 Å². The number of hydrogen-bond acceptors (Lipinski definition) is 3. The second-order valence-corrected chi connectivity index (χ2v) is 4.09. The molecule has 18 heavy (non-hydrogen) atoms. The highest BCUT2D eigenvalue weighted by atomic mass is 19.2. The lowest BCUT2D eigenvalue weighted by molar-refractivity contribution is 0.00319. The van der Waals surface area contributed by atoms with E-state index in [-0.39, 0.29) is 6.54 Å². The zero-order chi connectivity index (χ0) is 13.9. The smallest absolute Gasteiger partial charge is 0.251 e. The first-order chi connectivity index (χ1) is 8.26. The third-order valence-electron chi connectivity index (χ3n) is 2.22. The van der Waals surface area contributed by atoms with Crippen molar-refractivity contribution in [2.24, 2.45) is 0 Å². The molecule has 1 rings (SSSR count). The number of hydrogen-bond donors (Lipinski definition) is 3. The maximum Gasteiger partial charge on any atom is 0.251 e. The van der Waals surface area contributed by atoms with Gasteiger partial charge in [-0.15, -0.1) is 0 Å². The quantitative estimate of drug-likeness (QED) is 0.696. The third kappa shape index (κ3) is 3.44. The van der Waals surface area contributed by atoms with Gasteiger partial charge in [0.15, 0.2) is 17.5 Å². The van der Waals surface area contributed by atoms with Gasteiger partial charge in [0.2, 0.25) is 0 Å². The lowest BCUT2D eigenvalue weighted by Gasteiger charge is -2.20. The second kappa shape index (κ2) is 5.36. The molecule has 100 valence electrons. The molecule has 0 aliphatic heterocycles. The molecular formula is C11H12F3NO3. The van der Waals surface area contributed by atoms with Crippen LogP contribution < -0.4 is 5.32 Å². The SMILES string of the molecule is CC(O)(CO)CNC(=O)c1cc(F)c(F)c(F)c1. The summed E-state index contributed by atoms with van der Waals surface area (Å²) in [6.07, 6.45) is 0. The number of amides is 1. The molecule has 1 amide bonds. The molecule has 1 atom stereocenters. The molecule has 0 heterocycles. The van der Waals surface area contributed by atoms with Crippen molar-refractivity contribution in [1.29, 1.82) is 0 Å². The lowest BCUT2D eigenvalue weighted by Crippen LogP contribution is -2.43. The van der Waals surface area contributed by atoms with E-state index in [1.165, 1.54) is 6.92 Å². The minimum absolute atomic E-state index is 0.317. The van der Waals surface area contributed by atoms with Gasteiger partial charge in [-0.25, -0.2) is 13.2 Å². The summed E-state index contributed by atoms with van der Waals surface area (Å²) < 4.78 is 38.4. The summed E-state index contributed by atoms with van der Waals surface area (Å²) in [5.74, 6) is -5.50. The number of halogens is 3. The van der Waals surface area contributed by atoms with Gasteiger partial charge in [0.1, 0.15) is 5.60 Å². The van der Waals surface area contributed by atoms with E-state index in [4.69, 9.17) is 5.11 Å². The number of carbonyl (C=O) groups is 1. The van der Waals surface area contributed by atoms with Crippen LogP contribution in [0.15, 0.2) is 12.1 Å². The highest BCUT2D eigenvalue weighted by Crippen LogP contribution is 2.13. The number of nitrogens with one attached hydrogen (secondary N) is 1. The predicted molar refractivity (Wildman–Crippen MR) is 56.4 cm³/mol. The first-order valence-electron chi connectivity index (χ1n) is 5.03. The highest BCUT2D eigenvalue weighted by Gasteiger charge is 2.21. The largest absolute Gasteiger partial charge is 0.393 e. The van der Waals surface area contributed by atoms with Crippen LogP contribution in [0, 0.1) is 17.5 Å². The summed E-state index contributed by atoms with van der Waals surface area (Å²) in [5, 5.41) is 20.3. The fourth-order valence-corrected chi connectivity index (χ4v) is 1.12. The molecule has 0 aliphatic carbocycles. The average molecular weight is 263 g/mol. The van der Waals surface area contributed by atoms with Crippen molar-refractivity contribution in [2.45, 2.75) is 12.5 Å². The molecular weight excluding hydrogens is 251 g/mol. The van der Waals surface area contributed by atoms with Crippen molar-refractivity contribution in [3.8, 4) is 0 Å². The van der Waals surface area contributed by atoms with Crippen molar-refractivity contribution in [2.75, 3.05) is 13.2 Å². The molecule has 1 aromatic rings. The van der Waals surface area contributed by atoms with Crippen molar-refractivity contribution in [3.63, 3.8) is 0 Å². The zero-order valence-corrected chi connectivity index (χ0v) is 9.51. The molecule has 0 saturated heterocycles. The Labute approximate surface area is 101 Å². The fraction of sp³-hybridized carbons (Fsp3) is 0.364. The van der Waals surface area contributed by atoms with Crippen LogP contribution in [0.5, 0.6) is 0 Å². The number of aliphatic hydroxyl groups excluding tert-OH is 1. The van der Waals surface area contributed by atoms with E-state index < -0.39 is 41.1 Å². The van der Waals surface area contributed by atoms with Crippen LogP contribution in [0.3, 0.4) is 0 Å². The Morgan fingerprint density at radius 1 is 1.33 bits per heavy atom. The third-order valence-corrected chi connectivity index (χ3v) is 2.22. The van der Waals surface area contributed by atoms with Crippen LogP contribution in [0.4, 0.5) is 13.2 Å². The second-order valence-electron chi connectivity index (χ2n) is 4.09. The van der Waals surface area contributed by atoms with E-state index in [0.717, 1.165) is 0 Å². The summed E-state index contributed by atoms with van der Waals surface area (Å²) in [7, 11) is 0. The van der Waals surface area contributed by atoms with Crippen molar-refractivity contribution >= 4 is 5.91 Å². The van der Waals surface area contributed by atoms with E-state index in [9.17, 15) is 23.1 Å². The average Bonchev–Trinajstić information content (AvgIpc) is 2.32. The van der Waals surface area contributed by atoms with Crippen LogP contribution in [0.25, 0.3) is 0 Å². The van der Waals surface area contributed by atoms with Crippen LogP contribution >= 0.6 is 0 Å². The molecule has 4 nitrogen and oxygen atoms in total. The molecule has 0 radical (unpaired) electrons. The molecule has 7 heteroatoms. The maximum atomic E-state index is 12.9. The van der Waals surface area contributed by atoms with E-state index in [2.05, 4.69) is 5.32 Å². The Morgan fingerprint density at radius 2 is 1.83 bits per heavy atom. The standard InChI is InChI=1S/C11H12F3NO3/c1-11(18,5-16)4-15-10(17)6-2-7(12)9(14)8(13)3-6/h2-3,16,18H,4-5H2,1H3,(H,15,17). The Balaban J connectivity index is 2.80. The van der Waals surface area contributed by atoms with Gasteiger partial charge in [-0.2, -0.15) is 0 Å². The number of carbonyl (C=O) groups excluding carboxylic acids is 1. The van der Waals surface area contributed by atoms with Crippen LogP contribution in [-0.2, 0) is 0 Å². The van der Waals surface area contributed by atoms with Gasteiger partial charge in [-0.1, -0.05) is 0 Å².